The molecule has 120 valence electrons. The molecule has 0 aromatic heterocycles. The molecule has 1 heterocycles. The van der Waals surface area contributed by atoms with Gasteiger partial charge in [-0.2, -0.15) is 5.10 Å². The highest BCUT2D eigenvalue weighted by atomic mass is 35.5. The van der Waals surface area contributed by atoms with Crippen molar-refractivity contribution in [3.05, 3.63) is 59.1 Å². The molecule has 0 radical (unpaired) electrons. The van der Waals surface area contributed by atoms with Crippen LogP contribution in [-0.4, -0.2) is 19.4 Å². The topological polar surface area (TPSA) is 50.8 Å². The normalized spacial score (nSPS) is 17.3. The Morgan fingerprint density at radius 3 is 2.74 bits per heavy atom. The van der Waals surface area contributed by atoms with Crippen molar-refractivity contribution in [1.29, 1.82) is 0 Å². The first kappa shape index (κ1) is 15.8. The molecular formula is C18H20ClN3O. The number of hydrogen-bond donors (Lipinski definition) is 1. The maximum absolute atomic E-state index is 6.01. The van der Waals surface area contributed by atoms with E-state index < -0.39 is 0 Å². The van der Waals surface area contributed by atoms with Gasteiger partial charge in [-0.15, -0.1) is 0 Å². The summed E-state index contributed by atoms with van der Waals surface area (Å²) in [5.74, 6) is 0.819. The summed E-state index contributed by atoms with van der Waals surface area (Å²) in [7, 11) is 1.67. The average Bonchev–Trinajstić information content (AvgIpc) is 3.00. The summed E-state index contributed by atoms with van der Waals surface area (Å²) >= 11 is 6.01. The van der Waals surface area contributed by atoms with Crippen LogP contribution in [0, 0.1) is 0 Å². The molecule has 1 aliphatic rings. The van der Waals surface area contributed by atoms with E-state index in [4.69, 9.17) is 27.2 Å². The van der Waals surface area contributed by atoms with E-state index in [9.17, 15) is 0 Å². The zero-order valence-electron chi connectivity index (χ0n) is 13.1. The van der Waals surface area contributed by atoms with Crippen LogP contribution >= 0.6 is 11.6 Å². The van der Waals surface area contributed by atoms with Gasteiger partial charge in [0.1, 0.15) is 5.75 Å². The quantitative estimate of drug-likeness (QED) is 0.901. The molecule has 2 N–H and O–H groups in total. The van der Waals surface area contributed by atoms with Crippen LogP contribution in [0.1, 0.15) is 24.4 Å². The van der Waals surface area contributed by atoms with E-state index >= 15 is 0 Å². The van der Waals surface area contributed by atoms with Gasteiger partial charge in [0.05, 0.1) is 18.8 Å². The van der Waals surface area contributed by atoms with Crippen molar-refractivity contribution in [2.45, 2.75) is 18.9 Å². The van der Waals surface area contributed by atoms with Gasteiger partial charge in [0.2, 0.25) is 0 Å². The fourth-order valence-corrected chi connectivity index (χ4v) is 2.95. The van der Waals surface area contributed by atoms with Crippen molar-refractivity contribution >= 4 is 23.0 Å². The molecule has 1 aliphatic heterocycles. The van der Waals surface area contributed by atoms with Gasteiger partial charge in [-0.3, -0.25) is 5.01 Å². The smallest absolute Gasteiger partial charge is 0.120 e. The molecule has 23 heavy (non-hydrogen) atoms. The Labute approximate surface area is 141 Å². The first-order valence-corrected chi connectivity index (χ1v) is 8.04. The lowest BCUT2D eigenvalue weighted by Crippen LogP contribution is -2.18. The molecule has 1 atom stereocenters. The summed E-state index contributed by atoms with van der Waals surface area (Å²) in [6, 6.07) is 16.1. The van der Waals surface area contributed by atoms with Crippen LogP contribution in [0.2, 0.25) is 5.02 Å². The molecule has 0 saturated heterocycles. The Bertz CT molecular complexity index is 700. The van der Waals surface area contributed by atoms with E-state index in [2.05, 4.69) is 17.1 Å². The van der Waals surface area contributed by atoms with Gasteiger partial charge in [-0.25, -0.2) is 0 Å². The van der Waals surface area contributed by atoms with Crippen LogP contribution in [0.25, 0.3) is 0 Å². The highest BCUT2D eigenvalue weighted by Gasteiger charge is 2.28. The molecule has 4 nitrogen and oxygen atoms in total. The molecule has 0 amide bonds. The number of hydrazone groups is 1. The minimum absolute atomic E-state index is 0.154. The van der Waals surface area contributed by atoms with E-state index in [1.807, 2.05) is 36.4 Å². The number of anilines is 1. The SMILES string of the molecule is COc1cccc(N2N=C(CCN)CC2c2ccc(Cl)cc2)c1. The summed E-state index contributed by atoms with van der Waals surface area (Å²) < 4.78 is 5.33. The molecular weight excluding hydrogens is 310 g/mol. The van der Waals surface area contributed by atoms with Gasteiger partial charge in [-0.1, -0.05) is 29.8 Å². The minimum Gasteiger partial charge on any atom is -0.497 e. The summed E-state index contributed by atoms with van der Waals surface area (Å²) in [6.07, 6.45) is 1.68. The highest BCUT2D eigenvalue weighted by molar-refractivity contribution is 6.30. The number of rotatable bonds is 5. The van der Waals surface area contributed by atoms with Gasteiger partial charge < -0.3 is 10.5 Å². The molecule has 0 saturated carbocycles. The van der Waals surface area contributed by atoms with E-state index in [1.54, 1.807) is 7.11 Å². The number of nitrogens with two attached hydrogens (primary N) is 1. The molecule has 3 rings (SSSR count). The lowest BCUT2D eigenvalue weighted by atomic mass is 10.0. The maximum atomic E-state index is 6.01. The predicted molar refractivity (Wildman–Crippen MR) is 95.4 cm³/mol. The summed E-state index contributed by atoms with van der Waals surface area (Å²) in [6.45, 7) is 0.609. The zero-order chi connectivity index (χ0) is 16.2. The fourth-order valence-electron chi connectivity index (χ4n) is 2.83. The number of methoxy groups -OCH3 is 1. The molecule has 2 aromatic rings. The predicted octanol–water partition coefficient (Wildman–Crippen LogP) is 4.00. The second kappa shape index (κ2) is 7.02. The standard InChI is InChI=1S/C18H20ClN3O/c1-23-17-4-2-3-16(12-17)22-18(11-15(21-22)9-10-20)13-5-7-14(19)8-6-13/h2-8,12,18H,9-11,20H2,1H3. The van der Waals surface area contributed by atoms with Crippen LogP contribution in [0.5, 0.6) is 5.75 Å². The fraction of sp³-hybridized carbons (Fsp3) is 0.278. The van der Waals surface area contributed by atoms with Gasteiger partial charge in [-0.05, 0) is 42.8 Å². The minimum atomic E-state index is 0.154. The van der Waals surface area contributed by atoms with Crippen molar-refractivity contribution in [1.82, 2.24) is 0 Å². The van der Waals surface area contributed by atoms with Crippen molar-refractivity contribution in [3.63, 3.8) is 0 Å². The lowest BCUT2D eigenvalue weighted by molar-refractivity contribution is 0.414. The van der Waals surface area contributed by atoms with Crippen molar-refractivity contribution in [2.75, 3.05) is 18.7 Å². The lowest BCUT2D eigenvalue weighted by Gasteiger charge is -2.24. The van der Waals surface area contributed by atoms with E-state index in [0.717, 1.165) is 35.0 Å². The third-order valence-electron chi connectivity index (χ3n) is 3.98. The first-order chi connectivity index (χ1) is 11.2. The van der Waals surface area contributed by atoms with Crippen LogP contribution in [0.4, 0.5) is 5.69 Å². The third-order valence-corrected chi connectivity index (χ3v) is 4.23. The molecule has 0 bridgehead atoms. The van der Waals surface area contributed by atoms with Crippen LogP contribution in [0.3, 0.4) is 0 Å². The van der Waals surface area contributed by atoms with Crippen molar-refractivity contribution < 1.29 is 4.74 Å². The van der Waals surface area contributed by atoms with E-state index in [0.29, 0.717) is 6.54 Å². The Kier molecular flexibility index (Phi) is 4.84. The largest absolute Gasteiger partial charge is 0.497 e. The summed E-state index contributed by atoms with van der Waals surface area (Å²) in [5, 5.41) is 7.58. The molecule has 1 unspecified atom stereocenters. The number of nitrogens with zero attached hydrogens (tertiary/aromatic N) is 2. The monoisotopic (exact) mass is 329 g/mol. The summed E-state index contributed by atoms with van der Waals surface area (Å²) in [5.41, 5.74) is 9.02. The van der Waals surface area contributed by atoms with Crippen molar-refractivity contribution in [3.8, 4) is 5.75 Å². The average molecular weight is 330 g/mol. The molecule has 0 spiro atoms. The highest BCUT2D eigenvalue weighted by Crippen LogP contribution is 2.37. The Balaban J connectivity index is 1.95. The van der Waals surface area contributed by atoms with Crippen LogP contribution in [0.15, 0.2) is 53.6 Å². The van der Waals surface area contributed by atoms with Crippen molar-refractivity contribution in [2.24, 2.45) is 10.8 Å². The molecule has 2 aromatic carbocycles. The van der Waals surface area contributed by atoms with E-state index in [-0.39, 0.29) is 6.04 Å². The van der Waals surface area contributed by atoms with Gasteiger partial charge >= 0.3 is 0 Å². The second-order valence-corrected chi connectivity index (χ2v) is 5.96. The Morgan fingerprint density at radius 1 is 1.26 bits per heavy atom. The van der Waals surface area contributed by atoms with E-state index in [1.165, 1.54) is 5.56 Å². The van der Waals surface area contributed by atoms with Gasteiger partial charge in [0.15, 0.2) is 0 Å². The second-order valence-electron chi connectivity index (χ2n) is 5.52. The van der Waals surface area contributed by atoms with Crippen LogP contribution < -0.4 is 15.5 Å². The van der Waals surface area contributed by atoms with Gasteiger partial charge in [0, 0.05) is 23.2 Å². The maximum Gasteiger partial charge on any atom is 0.120 e. The zero-order valence-corrected chi connectivity index (χ0v) is 13.8. The van der Waals surface area contributed by atoms with Gasteiger partial charge in [0.25, 0.3) is 0 Å². The number of benzene rings is 2. The molecule has 5 heteroatoms. The molecule has 0 fully saturated rings. The molecule has 0 aliphatic carbocycles. The number of ether oxygens (including phenoxy) is 1. The Hall–Kier alpha value is -2.04. The van der Waals surface area contributed by atoms with Crippen LogP contribution in [-0.2, 0) is 0 Å². The summed E-state index contributed by atoms with van der Waals surface area (Å²) in [4.78, 5) is 0. The first-order valence-electron chi connectivity index (χ1n) is 7.66. The number of halogens is 1. The number of hydrogen-bond acceptors (Lipinski definition) is 4. The Morgan fingerprint density at radius 2 is 2.04 bits per heavy atom. The third kappa shape index (κ3) is 3.49.